The quantitative estimate of drug-likeness (QED) is 0.373. The van der Waals surface area contributed by atoms with Gasteiger partial charge in [-0.15, -0.1) is 0 Å². The van der Waals surface area contributed by atoms with Crippen molar-refractivity contribution in [1.29, 1.82) is 0 Å². The van der Waals surface area contributed by atoms with E-state index in [-0.39, 0.29) is 0 Å². The number of rotatable bonds is 2. The molecule has 0 radical (unpaired) electrons. The zero-order valence-corrected chi connectivity index (χ0v) is 14.3. The smallest absolute Gasteiger partial charge is 0.126 e. The maximum Gasteiger partial charge on any atom is 0.126 e. The summed E-state index contributed by atoms with van der Waals surface area (Å²) in [5, 5.41) is 4.95. The first kappa shape index (κ1) is 14.3. The zero-order chi connectivity index (χ0) is 15.8. The zero-order valence-electron chi connectivity index (χ0n) is 12.7. The van der Waals surface area contributed by atoms with E-state index in [0.29, 0.717) is 0 Å². The number of halogens is 1. The van der Waals surface area contributed by atoms with E-state index in [1.165, 1.54) is 27.1 Å². The molecule has 4 aromatic carbocycles. The van der Waals surface area contributed by atoms with Gasteiger partial charge < -0.3 is 4.74 Å². The third-order valence-corrected chi connectivity index (χ3v) is 5.07. The van der Waals surface area contributed by atoms with Crippen LogP contribution in [0.25, 0.3) is 32.7 Å². The van der Waals surface area contributed by atoms with Crippen LogP contribution < -0.4 is 4.74 Å². The van der Waals surface area contributed by atoms with E-state index in [2.05, 4.69) is 70.5 Å². The van der Waals surface area contributed by atoms with Gasteiger partial charge in [-0.05, 0) is 43.5 Å². The van der Waals surface area contributed by atoms with Crippen molar-refractivity contribution < 1.29 is 4.74 Å². The van der Waals surface area contributed by atoms with Gasteiger partial charge in [0, 0.05) is 15.6 Å². The fourth-order valence-corrected chi connectivity index (χ4v) is 3.99. The molecule has 1 nitrogen and oxygen atoms in total. The van der Waals surface area contributed by atoms with Crippen molar-refractivity contribution in [2.24, 2.45) is 0 Å². The Morgan fingerprint density at radius 1 is 0.652 bits per heavy atom. The van der Waals surface area contributed by atoms with Crippen molar-refractivity contribution in [1.82, 2.24) is 0 Å². The summed E-state index contributed by atoms with van der Waals surface area (Å²) >= 11 is 3.85. The molecule has 0 bridgehead atoms. The van der Waals surface area contributed by atoms with Gasteiger partial charge in [-0.25, -0.2) is 0 Å². The first-order valence-electron chi connectivity index (χ1n) is 7.53. The van der Waals surface area contributed by atoms with E-state index >= 15 is 0 Å². The summed E-state index contributed by atoms with van der Waals surface area (Å²) < 4.78 is 6.70. The molecule has 0 aliphatic rings. The molecule has 0 heterocycles. The highest BCUT2D eigenvalue weighted by Gasteiger charge is 2.16. The van der Waals surface area contributed by atoms with Crippen molar-refractivity contribution in [2.45, 2.75) is 0 Å². The number of ether oxygens (including phenoxy) is 1. The number of hydrogen-bond donors (Lipinski definition) is 0. The predicted molar refractivity (Wildman–Crippen MR) is 101 cm³/mol. The van der Waals surface area contributed by atoms with E-state index in [1.807, 2.05) is 18.2 Å². The molecular formula is C21H15BrO. The molecule has 0 unspecified atom stereocenters. The first-order chi connectivity index (χ1) is 11.3. The Balaban J connectivity index is 2.23. The lowest BCUT2D eigenvalue weighted by atomic mass is 9.93. The van der Waals surface area contributed by atoms with E-state index in [0.717, 1.165) is 15.8 Å². The highest BCUT2D eigenvalue weighted by atomic mass is 79.9. The van der Waals surface area contributed by atoms with Crippen LogP contribution in [0.5, 0.6) is 5.75 Å². The van der Waals surface area contributed by atoms with Gasteiger partial charge in [0.15, 0.2) is 0 Å². The Kier molecular flexibility index (Phi) is 3.55. The lowest BCUT2D eigenvalue weighted by Gasteiger charge is -2.16. The Morgan fingerprint density at radius 3 is 1.87 bits per heavy atom. The van der Waals surface area contributed by atoms with Crippen LogP contribution in [0, 0.1) is 0 Å². The van der Waals surface area contributed by atoms with Gasteiger partial charge in [-0.2, -0.15) is 0 Å². The molecule has 4 rings (SSSR count). The molecule has 0 saturated heterocycles. The molecule has 4 aromatic rings. The summed E-state index contributed by atoms with van der Waals surface area (Å²) in [5.74, 6) is 0.883. The molecule has 0 saturated carbocycles. The lowest BCUT2D eigenvalue weighted by Crippen LogP contribution is -1.91. The maximum atomic E-state index is 5.59. The monoisotopic (exact) mass is 362 g/mol. The highest BCUT2D eigenvalue weighted by Crippen LogP contribution is 2.44. The highest BCUT2D eigenvalue weighted by molar-refractivity contribution is 9.10. The van der Waals surface area contributed by atoms with Crippen LogP contribution in [0.3, 0.4) is 0 Å². The van der Waals surface area contributed by atoms with Crippen molar-refractivity contribution in [3.05, 3.63) is 77.3 Å². The molecule has 0 fully saturated rings. The van der Waals surface area contributed by atoms with Gasteiger partial charge in [0.25, 0.3) is 0 Å². The summed E-state index contributed by atoms with van der Waals surface area (Å²) in [4.78, 5) is 0. The molecule has 0 N–H and O–H groups in total. The Hall–Kier alpha value is -2.32. The average molecular weight is 363 g/mol. The second kappa shape index (κ2) is 5.71. The molecule has 2 heteroatoms. The van der Waals surface area contributed by atoms with Gasteiger partial charge in [-0.1, -0.05) is 66.7 Å². The Labute approximate surface area is 143 Å². The topological polar surface area (TPSA) is 9.23 Å². The second-order valence-electron chi connectivity index (χ2n) is 5.48. The largest absolute Gasteiger partial charge is 0.496 e. The van der Waals surface area contributed by atoms with E-state index in [1.54, 1.807) is 7.11 Å². The molecule has 0 spiro atoms. The van der Waals surface area contributed by atoms with Gasteiger partial charge in [0.05, 0.1) is 7.11 Å². The van der Waals surface area contributed by atoms with E-state index in [4.69, 9.17) is 4.74 Å². The average Bonchev–Trinajstić information content (AvgIpc) is 2.62. The SMILES string of the molecule is COc1ccccc1-c1c(Br)c2ccccc2c2ccccc12. The lowest BCUT2D eigenvalue weighted by molar-refractivity contribution is 0.416. The normalized spacial score (nSPS) is 11.0. The summed E-state index contributed by atoms with van der Waals surface area (Å²) in [7, 11) is 1.72. The Morgan fingerprint density at radius 2 is 1.17 bits per heavy atom. The number of benzene rings is 4. The molecule has 0 amide bonds. The number of fused-ring (bicyclic) bond motifs is 3. The van der Waals surface area contributed by atoms with Crippen molar-refractivity contribution in [3.8, 4) is 16.9 Å². The fraction of sp³-hybridized carbons (Fsp3) is 0.0476. The minimum Gasteiger partial charge on any atom is -0.496 e. The van der Waals surface area contributed by atoms with Crippen LogP contribution in [0.2, 0.25) is 0 Å². The summed E-state index contributed by atoms with van der Waals surface area (Å²) in [6, 6.07) is 25.2. The first-order valence-corrected chi connectivity index (χ1v) is 8.33. The van der Waals surface area contributed by atoms with Gasteiger partial charge >= 0.3 is 0 Å². The van der Waals surface area contributed by atoms with Crippen LogP contribution in [0.15, 0.2) is 77.3 Å². The van der Waals surface area contributed by atoms with E-state index in [9.17, 15) is 0 Å². The Bertz CT molecular complexity index is 1020. The van der Waals surface area contributed by atoms with Crippen LogP contribution >= 0.6 is 15.9 Å². The van der Waals surface area contributed by atoms with Gasteiger partial charge in [-0.3, -0.25) is 0 Å². The molecular weight excluding hydrogens is 348 g/mol. The predicted octanol–water partition coefficient (Wildman–Crippen LogP) is 6.43. The van der Waals surface area contributed by atoms with Crippen LogP contribution in [-0.4, -0.2) is 7.11 Å². The summed E-state index contributed by atoms with van der Waals surface area (Å²) in [6.07, 6.45) is 0. The number of methoxy groups -OCH3 is 1. The molecule has 0 aliphatic heterocycles. The molecule has 112 valence electrons. The second-order valence-corrected chi connectivity index (χ2v) is 6.27. The van der Waals surface area contributed by atoms with Crippen molar-refractivity contribution in [3.63, 3.8) is 0 Å². The third-order valence-electron chi connectivity index (χ3n) is 4.25. The minimum absolute atomic E-state index is 0.883. The molecule has 0 aromatic heterocycles. The van der Waals surface area contributed by atoms with Crippen LogP contribution in [0.1, 0.15) is 0 Å². The van der Waals surface area contributed by atoms with Gasteiger partial charge in [0.1, 0.15) is 5.75 Å². The number of hydrogen-bond acceptors (Lipinski definition) is 1. The van der Waals surface area contributed by atoms with Crippen molar-refractivity contribution in [2.75, 3.05) is 7.11 Å². The molecule has 23 heavy (non-hydrogen) atoms. The standard InChI is InChI=1S/C21H15BrO/c1-23-19-13-7-6-12-18(19)20-16-10-4-2-8-14(16)15-9-3-5-11-17(15)21(20)22/h2-13H,1H3. The summed E-state index contributed by atoms with van der Waals surface area (Å²) in [5.41, 5.74) is 2.28. The third kappa shape index (κ3) is 2.22. The molecule has 0 aliphatic carbocycles. The van der Waals surface area contributed by atoms with Crippen molar-refractivity contribution >= 4 is 37.5 Å². The van der Waals surface area contributed by atoms with E-state index < -0.39 is 0 Å². The maximum absolute atomic E-state index is 5.59. The number of para-hydroxylation sites is 1. The fourth-order valence-electron chi connectivity index (χ4n) is 3.21. The van der Waals surface area contributed by atoms with Gasteiger partial charge in [0.2, 0.25) is 0 Å². The minimum atomic E-state index is 0.883. The molecule has 0 atom stereocenters. The van der Waals surface area contributed by atoms with Crippen LogP contribution in [-0.2, 0) is 0 Å². The van der Waals surface area contributed by atoms with Crippen LogP contribution in [0.4, 0.5) is 0 Å². The summed E-state index contributed by atoms with van der Waals surface area (Å²) in [6.45, 7) is 0.